The van der Waals surface area contributed by atoms with E-state index in [0.717, 1.165) is 17.5 Å². The van der Waals surface area contributed by atoms with E-state index in [1.807, 2.05) is 61.5 Å². The molecule has 2 heteroatoms. The predicted octanol–water partition coefficient (Wildman–Crippen LogP) is 3.79. The number of ether oxygens (including phenoxy) is 1. The summed E-state index contributed by atoms with van der Waals surface area (Å²) < 4.78 is 5.18. The number of carbonyl (C=O) groups is 1. The number of carbonyl (C=O) groups excluding carboxylic acids is 1. The molecule has 2 aromatic rings. The lowest BCUT2D eigenvalue weighted by Crippen LogP contribution is -2.04. The Hall–Kier alpha value is -2.35. The zero-order valence-electron chi connectivity index (χ0n) is 11.6. The summed E-state index contributed by atoms with van der Waals surface area (Å²) in [5, 5.41) is 0. The van der Waals surface area contributed by atoms with Gasteiger partial charge in [-0.2, -0.15) is 0 Å². The number of esters is 1. The molecule has 0 atom stereocenters. The summed E-state index contributed by atoms with van der Waals surface area (Å²) in [5.74, 6) is -0.302. The summed E-state index contributed by atoms with van der Waals surface area (Å²) in [5.41, 5.74) is 3.34. The first-order valence-corrected chi connectivity index (χ1v) is 6.70. The highest BCUT2D eigenvalue weighted by atomic mass is 16.5. The molecule has 0 aliphatic heterocycles. The Morgan fingerprint density at radius 3 is 2.50 bits per heavy atom. The zero-order valence-corrected chi connectivity index (χ0v) is 11.6. The molecule has 0 fully saturated rings. The van der Waals surface area contributed by atoms with Gasteiger partial charge in [-0.15, -0.1) is 0 Å². The molecule has 0 heterocycles. The SMILES string of the molecule is Cc1ccccc1C=CC(=O)OCCc1ccccc1. The van der Waals surface area contributed by atoms with Crippen molar-refractivity contribution in [3.8, 4) is 0 Å². The maximum Gasteiger partial charge on any atom is 0.330 e. The molecule has 20 heavy (non-hydrogen) atoms. The molecule has 0 aliphatic rings. The summed E-state index contributed by atoms with van der Waals surface area (Å²) in [6.07, 6.45) is 4.01. The van der Waals surface area contributed by atoms with Crippen molar-refractivity contribution in [2.45, 2.75) is 13.3 Å². The molecule has 0 bridgehead atoms. The molecule has 0 amide bonds. The second-order valence-electron chi connectivity index (χ2n) is 4.59. The Balaban J connectivity index is 1.80. The second-order valence-corrected chi connectivity index (χ2v) is 4.59. The van der Waals surface area contributed by atoms with Gasteiger partial charge in [0.05, 0.1) is 6.61 Å². The monoisotopic (exact) mass is 266 g/mol. The fraction of sp³-hybridized carbons (Fsp3) is 0.167. The average Bonchev–Trinajstić information content (AvgIpc) is 2.47. The molecule has 102 valence electrons. The van der Waals surface area contributed by atoms with E-state index in [2.05, 4.69) is 0 Å². The molecule has 0 aliphatic carbocycles. The zero-order chi connectivity index (χ0) is 14.2. The first-order chi connectivity index (χ1) is 9.75. The van der Waals surface area contributed by atoms with Gasteiger partial charge in [0.25, 0.3) is 0 Å². The van der Waals surface area contributed by atoms with Gasteiger partial charge in [0.2, 0.25) is 0 Å². The van der Waals surface area contributed by atoms with Gasteiger partial charge < -0.3 is 4.74 Å². The van der Waals surface area contributed by atoms with Gasteiger partial charge in [0.15, 0.2) is 0 Å². The van der Waals surface area contributed by atoms with E-state index in [0.29, 0.717) is 6.61 Å². The van der Waals surface area contributed by atoms with Gasteiger partial charge in [-0.25, -0.2) is 4.79 Å². The maximum absolute atomic E-state index is 11.6. The number of aryl methyl sites for hydroxylation is 1. The van der Waals surface area contributed by atoms with Crippen LogP contribution in [0.5, 0.6) is 0 Å². The minimum atomic E-state index is -0.302. The average molecular weight is 266 g/mol. The number of benzene rings is 2. The van der Waals surface area contributed by atoms with Gasteiger partial charge >= 0.3 is 5.97 Å². The minimum absolute atomic E-state index is 0.302. The molecule has 0 N–H and O–H groups in total. The van der Waals surface area contributed by atoms with E-state index in [1.165, 1.54) is 11.6 Å². The predicted molar refractivity (Wildman–Crippen MR) is 81.3 cm³/mol. The third kappa shape index (κ3) is 4.39. The van der Waals surface area contributed by atoms with Crippen molar-refractivity contribution in [3.63, 3.8) is 0 Å². The largest absolute Gasteiger partial charge is 0.462 e. The second kappa shape index (κ2) is 7.29. The number of hydrogen-bond donors (Lipinski definition) is 0. The van der Waals surface area contributed by atoms with Crippen LogP contribution >= 0.6 is 0 Å². The molecule has 0 aromatic heterocycles. The summed E-state index contributed by atoms with van der Waals surface area (Å²) >= 11 is 0. The van der Waals surface area contributed by atoms with Crippen LogP contribution < -0.4 is 0 Å². The van der Waals surface area contributed by atoms with E-state index in [4.69, 9.17) is 4.74 Å². The van der Waals surface area contributed by atoms with Gasteiger partial charge in [-0.05, 0) is 29.7 Å². The molecule has 0 spiro atoms. The van der Waals surface area contributed by atoms with Gasteiger partial charge in [-0.1, -0.05) is 54.6 Å². The molecule has 2 nitrogen and oxygen atoms in total. The third-order valence-electron chi connectivity index (χ3n) is 3.07. The van der Waals surface area contributed by atoms with Crippen molar-refractivity contribution in [2.24, 2.45) is 0 Å². The lowest BCUT2D eigenvalue weighted by molar-refractivity contribution is -0.137. The Labute approximate surface area is 119 Å². The normalized spacial score (nSPS) is 10.7. The van der Waals surface area contributed by atoms with Crippen molar-refractivity contribution >= 4 is 12.0 Å². The smallest absolute Gasteiger partial charge is 0.330 e. The Morgan fingerprint density at radius 1 is 1.05 bits per heavy atom. The fourth-order valence-corrected chi connectivity index (χ4v) is 1.89. The van der Waals surface area contributed by atoms with E-state index in [-0.39, 0.29) is 5.97 Å². The van der Waals surface area contributed by atoms with Gasteiger partial charge in [-0.3, -0.25) is 0 Å². The highest BCUT2D eigenvalue weighted by molar-refractivity contribution is 5.87. The highest BCUT2D eigenvalue weighted by Crippen LogP contribution is 2.08. The summed E-state index contributed by atoms with van der Waals surface area (Å²) in [6.45, 7) is 2.42. The number of rotatable bonds is 5. The molecule has 2 rings (SSSR count). The van der Waals surface area contributed by atoms with Crippen LogP contribution in [0.15, 0.2) is 60.7 Å². The van der Waals surface area contributed by atoms with Crippen LogP contribution in [-0.2, 0) is 16.0 Å². The first-order valence-electron chi connectivity index (χ1n) is 6.70. The topological polar surface area (TPSA) is 26.3 Å². The van der Waals surface area contributed by atoms with Crippen LogP contribution in [0.25, 0.3) is 6.08 Å². The molecular formula is C18H18O2. The summed E-state index contributed by atoms with van der Waals surface area (Å²) in [7, 11) is 0. The molecule has 0 unspecified atom stereocenters. The lowest BCUT2D eigenvalue weighted by atomic mass is 10.1. The van der Waals surface area contributed by atoms with Crippen molar-refractivity contribution in [1.82, 2.24) is 0 Å². The van der Waals surface area contributed by atoms with Crippen LogP contribution in [0.4, 0.5) is 0 Å². The minimum Gasteiger partial charge on any atom is -0.462 e. The van der Waals surface area contributed by atoms with Crippen molar-refractivity contribution in [3.05, 3.63) is 77.4 Å². The number of hydrogen-bond acceptors (Lipinski definition) is 2. The molecule has 0 radical (unpaired) electrons. The van der Waals surface area contributed by atoms with Crippen LogP contribution in [-0.4, -0.2) is 12.6 Å². The van der Waals surface area contributed by atoms with E-state index in [1.54, 1.807) is 6.08 Å². The third-order valence-corrected chi connectivity index (χ3v) is 3.07. The van der Waals surface area contributed by atoms with Gasteiger partial charge in [0, 0.05) is 12.5 Å². The van der Waals surface area contributed by atoms with Crippen molar-refractivity contribution < 1.29 is 9.53 Å². The fourth-order valence-electron chi connectivity index (χ4n) is 1.89. The van der Waals surface area contributed by atoms with Crippen LogP contribution in [0.3, 0.4) is 0 Å². The Bertz CT molecular complexity index is 585. The molecular weight excluding hydrogens is 248 g/mol. The van der Waals surface area contributed by atoms with E-state index < -0.39 is 0 Å². The summed E-state index contributed by atoms with van der Waals surface area (Å²) in [6, 6.07) is 17.9. The lowest BCUT2D eigenvalue weighted by Gasteiger charge is -2.02. The standard InChI is InChI=1S/C18H18O2/c1-15-7-5-6-10-17(15)11-12-18(19)20-14-13-16-8-3-2-4-9-16/h2-12H,13-14H2,1H3. The van der Waals surface area contributed by atoms with Gasteiger partial charge in [0.1, 0.15) is 0 Å². The Morgan fingerprint density at radius 2 is 1.75 bits per heavy atom. The van der Waals surface area contributed by atoms with E-state index >= 15 is 0 Å². The van der Waals surface area contributed by atoms with Crippen LogP contribution in [0.2, 0.25) is 0 Å². The molecule has 0 saturated carbocycles. The Kier molecular flexibility index (Phi) is 5.13. The first kappa shape index (κ1) is 14.1. The van der Waals surface area contributed by atoms with Crippen molar-refractivity contribution in [2.75, 3.05) is 6.61 Å². The van der Waals surface area contributed by atoms with Crippen molar-refractivity contribution in [1.29, 1.82) is 0 Å². The molecule has 2 aromatic carbocycles. The summed E-state index contributed by atoms with van der Waals surface area (Å²) in [4.78, 5) is 11.6. The van der Waals surface area contributed by atoms with Crippen LogP contribution in [0, 0.1) is 6.92 Å². The highest BCUT2D eigenvalue weighted by Gasteiger charge is 1.99. The van der Waals surface area contributed by atoms with Crippen LogP contribution in [0.1, 0.15) is 16.7 Å². The maximum atomic E-state index is 11.6. The quantitative estimate of drug-likeness (QED) is 0.608. The van der Waals surface area contributed by atoms with E-state index in [9.17, 15) is 4.79 Å². The molecule has 0 saturated heterocycles.